The van der Waals surface area contributed by atoms with Crippen LogP contribution in [-0.2, 0) is 12.8 Å². The molecule has 0 radical (unpaired) electrons. The van der Waals surface area contributed by atoms with E-state index in [4.69, 9.17) is 0 Å². The average molecular weight is 338 g/mol. The van der Waals surface area contributed by atoms with Gasteiger partial charge in [0.2, 0.25) is 0 Å². The molecular formula is C16H14BrF2N. The van der Waals surface area contributed by atoms with Crippen LogP contribution in [0, 0.1) is 5.82 Å². The summed E-state index contributed by atoms with van der Waals surface area (Å²) in [6.45, 7) is 0.850. The first-order valence-electron chi connectivity index (χ1n) is 6.59. The second-order valence-electron chi connectivity index (χ2n) is 4.97. The lowest BCUT2D eigenvalue weighted by Crippen LogP contribution is -2.02. The fourth-order valence-corrected chi connectivity index (χ4v) is 3.04. The molecule has 104 valence electrons. The molecule has 1 N–H and O–H groups in total. The van der Waals surface area contributed by atoms with E-state index < -0.39 is 6.17 Å². The molecule has 1 aliphatic rings. The number of anilines is 1. The maximum Gasteiger partial charge on any atom is 0.131 e. The van der Waals surface area contributed by atoms with Crippen molar-refractivity contribution in [1.82, 2.24) is 0 Å². The maximum atomic E-state index is 14.6. The lowest BCUT2D eigenvalue weighted by Gasteiger charge is -2.14. The smallest absolute Gasteiger partial charge is 0.131 e. The summed E-state index contributed by atoms with van der Waals surface area (Å²) >= 11 is 3.34. The van der Waals surface area contributed by atoms with Crippen LogP contribution in [0.15, 0.2) is 40.9 Å². The summed E-state index contributed by atoms with van der Waals surface area (Å²) in [5.74, 6) is -0.341. The van der Waals surface area contributed by atoms with E-state index in [1.165, 1.54) is 12.1 Å². The van der Waals surface area contributed by atoms with Crippen LogP contribution in [0.3, 0.4) is 0 Å². The van der Waals surface area contributed by atoms with Crippen LogP contribution in [0.4, 0.5) is 14.5 Å². The van der Waals surface area contributed by atoms with Crippen LogP contribution in [0.25, 0.3) is 0 Å². The summed E-state index contributed by atoms with van der Waals surface area (Å²) in [5.41, 5.74) is 3.38. The van der Waals surface area contributed by atoms with Crippen LogP contribution < -0.4 is 5.32 Å². The van der Waals surface area contributed by atoms with E-state index in [9.17, 15) is 8.78 Å². The number of nitrogens with one attached hydrogen (secondary N) is 1. The Bertz CT molecular complexity index is 642. The lowest BCUT2D eigenvalue weighted by atomic mass is 9.99. The summed E-state index contributed by atoms with van der Waals surface area (Å²) in [6.07, 6.45) is -0.0515. The molecule has 0 saturated carbocycles. The van der Waals surface area contributed by atoms with E-state index in [0.717, 1.165) is 28.7 Å². The van der Waals surface area contributed by atoms with Gasteiger partial charge in [-0.3, -0.25) is 0 Å². The molecule has 2 aromatic carbocycles. The monoisotopic (exact) mass is 337 g/mol. The zero-order chi connectivity index (χ0) is 14.1. The zero-order valence-corrected chi connectivity index (χ0v) is 12.4. The molecule has 1 atom stereocenters. The summed E-state index contributed by atoms with van der Waals surface area (Å²) in [6, 6.07) is 10.1. The average Bonchev–Trinajstić information content (AvgIpc) is 2.91. The number of halogens is 3. The number of fused-ring (bicyclic) bond motifs is 1. The molecule has 0 bridgehead atoms. The van der Waals surface area contributed by atoms with Crippen molar-refractivity contribution in [3.8, 4) is 0 Å². The van der Waals surface area contributed by atoms with E-state index in [1.807, 2.05) is 12.1 Å². The Hall–Kier alpha value is -1.42. The first-order chi connectivity index (χ1) is 9.65. The molecule has 0 saturated heterocycles. The van der Waals surface area contributed by atoms with Gasteiger partial charge >= 0.3 is 0 Å². The number of rotatable bonds is 3. The summed E-state index contributed by atoms with van der Waals surface area (Å²) in [4.78, 5) is 0. The number of hydrogen-bond donors (Lipinski definition) is 1. The van der Waals surface area contributed by atoms with Gasteiger partial charge in [-0.1, -0.05) is 34.1 Å². The Labute approximate surface area is 125 Å². The SMILES string of the molecule is Fc1ccc(Br)c(CC(F)c2cccc3c2NCC3)c1. The van der Waals surface area contributed by atoms with Gasteiger partial charge in [-0.15, -0.1) is 0 Å². The van der Waals surface area contributed by atoms with Gasteiger partial charge in [-0.05, 0) is 35.7 Å². The Morgan fingerprint density at radius 1 is 1.25 bits per heavy atom. The molecule has 0 aliphatic carbocycles. The minimum absolute atomic E-state index is 0.163. The molecule has 1 heterocycles. The number of benzene rings is 2. The summed E-state index contributed by atoms with van der Waals surface area (Å²) in [7, 11) is 0. The molecular weight excluding hydrogens is 324 g/mol. The van der Waals surface area contributed by atoms with Crippen molar-refractivity contribution in [1.29, 1.82) is 0 Å². The standard InChI is InChI=1S/C16H14BrF2N/c17-14-5-4-12(18)8-11(14)9-15(19)13-3-1-2-10-6-7-20-16(10)13/h1-5,8,15,20H,6-7,9H2. The van der Waals surface area contributed by atoms with E-state index >= 15 is 0 Å². The highest BCUT2D eigenvalue weighted by Gasteiger charge is 2.21. The minimum Gasteiger partial charge on any atom is -0.384 e. The van der Waals surface area contributed by atoms with E-state index in [0.29, 0.717) is 11.1 Å². The Morgan fingerprint density at radius 2 is 2.10 bits per heavy atom. The first-order valence-corrected chi connectivity index (χ1v) is 7.38. The van der Waals surface area contributed by atoms with Crippen LogP contribution in [0.2, 0.25) is 0 Å². The number of hydrogen-bond acceptors (Lipinski definition) is 1. The fraction of sp³-hybridized carbons (Fsp3) is 0.250. The van der Waals surface area contributed by atoms with Gasteiger partial charge in [-0.25, -0.2) is 8.78 Å². The van der Waals surface area contributed by atoms with Crippen LogP contribution in [-0.4, -0.2) is 6.54 Å². The van der Waals surface area contributed by atoms with Gasteiger partial charge in [0.1, 0.15) is 12.0 Å². The summed E-state index contributed by atoms with van der Waals surface area (Å²) < 4.78 is 28.6. The molecule has 0 fully saturated rings. The van der Waals surface area contributed by atoms with Crippen molar-refractivity contribution in [2.45, 2.75) is 19.0 Å². The summed E-state index contributed by atoms with van der Waals surface area (Å²) in [5, 5.41) is 3.24. The van der Waals surface area contributed by atoms with Crippen LogP contribution in [0.1, 0.15) is 22.9 Å². The fourth-order valence-electron chi connectivity index (χ4n) is 2.63. The van der Waals surface area contributed by atoms with Gasteiger partial charge in [0.15, 0.2) is 0 Å². The highest BCUT2D eigenvalue weighted by molar-refractivity contribution is 9.10. The lowest BCUT2D eigenvalue weighted by molar-refractivity contribution is 0.342. The molecule has 1 nitrogen and oxygen atoms in total. The second-order valence-corrected chi connectivity index (χ2v) is 5.82. The van der Waals surface area contributed by atoms with Crippen molar-refractivity contribution in [2.24, 2.45) is 0 Å². The van der Waals surface area contributed by atoms with Gasteiger partial charge in [0.05, 0.1) is 0 Å². The third kappa shape index (κ3) is 2.57. The Morgan fingerprint density at radius 3 is 2.95 bits per heavy atom. The van der Waals surface area contributed by atoms with Crippen molar-refractivity contribution < 1.29 is 8.78 Å². The maximum absolute atomic E-state index is 14.6. The van der Waals surface area contributed by atoms with Gasteiger partial charge < -0.3 is 5.32 Å². The van der Waals surface area contributed by atoms with Crippen molar-refractivity contribution in [2.75, 3.05) is 11.9 Å². The van der Waals surface area contributed by atoms with Gasteiger partial charge in [0, 0.05) is 28.7 Å². The molecule has 20 heavy (non-hydrogen) atoms. The van der Waals surface area contributed by atoms with Crippen molar-refractivity contribution in [3.05, 3.63) is 63.4 Å². The molecule has 1 unspecified atom stereocenters. The number of alkyl halides is 1. The number of para-hydroxylation sites is 1. The molecule has 0 amide bonds. The molecule has 0 aromatic heterocycles. The largest absolute Gasteiger partial charge is 0.384 e. The Balaban J connectivity index is 1.88. The van der Waals surface area contributed by atoms with Gasteiger partial charge in [-0.2, -0.15) is 0 Å². The third-order valence-electron chi connectivity index (χ3n) is 3.62. The molecule has 3 rings (SSSR count). The molecule has 0 spiro atoms. The molecule has 2 aromatic rings. The second kappa shape index (κ2) is 5.52. The molecule has 1 aliphatic heterocycles. The predicted octanol–water partition coefficient (Wildman–Crippen LogP) is 4.81. The third-order valence-corrected chi connectivity index (χ3v) is 4.40. The van der Waals surface area contributed by atoms with Crippen molar-refractivity contribution >= 4 is 21.6 Å². The van der Waals surface area contributed by atoms with E-state index in [1.54, 1.807) is 12.1 Å². The van der Waals surface area contributed by atoms with Gasteiger partial charge in [0.25, 0.3) is 0 Å². The first kappa shape index (κ1) is 13.6. The minimum atomic E-state index is -1.14. The normalized spacial score (nSPS) is 14.8. The van der Waals surface area contributed by atoms with E-state index in [2.05, 4.69) is 21.2 Å². The van der Waals surface area contributed by atoms with Crippen LogP contribution in [0.5, 0.6) is 0 Å². The quantitative estimate of drug-likeness (QED) is 0.847. The Kier molecular flexibility index (Phi) is 3.74. The van der Waals surface area contributed by atoms with Crippen molar-refractivity contribution in [3.63, 3.8) is 0 Å². The van der Waals surface area contributed by atoms with Crippen LogP contribution >= 0.6 is 15.9 Å². The zero-order valence-electron chi connectivity index (χ0n) is 10.8. The topological polar surface area (TPSA) is 12.0 Å². The molecule has 4 heteroatoms. The predicted molar refractivity (Wildman–Crippen MR) is 80.3 cm³/mol. The highest BCUT2D eigenvalue weighted by Crippen LogP contribution is 2.35. The van der Waals surface area contributed by atoms with E-state index in [-0.39, 0.29) is 12.2 Å². The highest BCUT2D eigenvalue weighted by atomic mass is 79.9.